The molecule has 0 spiro atoms. The van der Waals surface area contributed by atoms with Crippen LogP contribution in [0.5, 0.6) is 0 Å². The zero-order chi connectivity index (χ0) is 14.1. The molecule has 0 saturated carbocycles. The van der Waals surface area contributed by atoms with Crippen LogP contribution in [0.1, 0.15) is 0 Å². The van der Waals surface area contributed by atoms with E-state index in [1.54, 1.807) is 6.20 Å². The van der Waals surface area contributed by atoms with E-state index in [1.807, 2.05) is 24.3 Å². The Labute approximate surface area is 120 Å². The number of benzene rings is 2. The van der Waals surface area contributed by atoms with Crippen LogP contribution in [-0.2, 0) is 0 Å². The molecular weight excluding hydrogens is 277 g/mol. The van der Waals surface area contributed by atoms with Crippen LogP contribution in [0.15, 0.2) is 48.7 Å². The molecule has 0 unspecified atom stereocenters. The number of fused-ring (bicyclic) bond motifs is 1. The molecule has 0 fully saturated rings. The summed E-state index contributed by atoms with van der Waals surface area (Å²) in [6.45, 7) is 0. The molecule has 1 aromatic heterocycles. The fourth-order valence-electron chi connectivity index (χ4n) is 2.02. The van der Waals surface area contributed by atoms with Gasteiger partial charge in [-0.1, -0.05) is 29.8 Å². The van der Waals surface area contributed by atoms with Crippen molar-refractivity contribution in [1.82, 2.24) is 4.98 Å². The van der Waals surface area contributed by atoms with Crippen LogP contribution in [0.4, 0.5) is 21.5 Å². The maximum absolute atomic E-state index is 13.8. The SMILES string of the molecule is Nc1cnc2ccccc2c1Nc1cc(Cl)ccc1F. The van der Waals surface area contributed by atoms with Crippen molar-refractivity contribution in [1.29, 1.82) is 0 Å². The van der Waals surface area contributed by atoms with Crippen LogP contribution in [-0.4, -0.2) is 4.98 Å². The van der Waals surface area contributed by atoms with E-state index in [4.69, 9.17) is 17.3 Å². The molecule has 3 nitrogen and oxygen atoms in total. The third kappa shape index (κ3) is 2.26. The van der Waals surface area contributed by atoms with Crippen LogP contribution in [0.3, 0.4) is 0 Å². The Hall–Kier alpha value is -2.33. The number of hydrogen-bond donors (Lipinski definition) is 2. The number of aromatic nitrogens is 1. The molecule has 0 atom stereocenters. The molecular formula is C15H11ClFN3. The maximum atomic E-state index is 13.8. The van der Waals surface area contributed by atoms with Crippen LogP contribution in [0, 0.1) is 5.82 Å². The minimum Gasteiger partial charge on any atom is -0.396 e. The van der Waals surface area contributed by atoms with Gasteiger partial charge in [0.15, 0.2) is 0 Å². The van der Waals surface area contributed by atoms with Crippen molar-refractivity contribution >= 4 is 39.6 Å². The molecule has 3 N–H and O–H groups in total. The van der Waals surface area contributed by atoms with Crippen molar-refractivity contribution in [3.8, 4) is 0 Å². The largest absolute Gasteiger partial charge is 0.396 e. The van der Waals surface area contributed by atoms with Gasteiger partial charge in [0.05, 0.1) is 28.8 Å². The highest BCUT2D eigenvalue weighted by Crippen LogP contribution is 2.32. The number of rotatable bonds is 2. The van der Waals surface area contributed by atoms with E-state index in [9.17, 15) is 4.39 Å². The van der Waals surface area contributed by atoms with Gasteiger partial charge in [-0.05, 0) is 24.3 Å². The minimum absolute atomic E-state index is 0.278. The molecule has 20 heavy (non-hydrogen) atoms. The molecule has 5 heteroatoms. The highest BCUT2D eigenvalue weighted by Gasteiger charge is 2.09. The van der Waals surface area contributed by atoms with Crippen LogP contribution in [0.2, 0.25) is 5.02 Å². The van der Waals surface area contributed by atoms with Crippen LogP contribution >= 0.6 is 11.6 Å². The fourth-order valence-corrected chi connectivity index (χ4v) is 2.20. The molecule has 0 aliphatic carbocycles. The predicted octanol–water partition coefficient (Wildman–Crippen LogP) is 4.35. The Morgan fingerprint density at radius 2 is 1.95 bits per heavy atom. The Morgan fingerprint density at radius 1 is 1.15 bits per heavy atom. The minimum atomic E-state index is -0.394. The molecule has 2 aromatic carbocycles. The second-order valence-electron chi connectivity index (χ2n) is 4.35. The standard InChI is InChI=1S/C15H11ClFN3/c16-9-5-6-11(17)14(7-9)20-15-10-3-1-2-4-13(10)19-8-12(15)18/h1-8H,18H2,(H,19,20). The van der Waals surface area contributed by atoms with Gasteiger partial charge >= 0.3 is 0 Å². The van der Waals surface area contributed by atoms with E-state index < -0.39 is 5.82 Å². The van der Waals surface area contributed by atoms with Gasteiger partial charge in [0.25, 0.3) is 0 Å². The molecule has 0 radical (unpaired) electrons. The Morgan fingerprint density at radius 3 is 2.80 bits per heavy atom. The maximum Gasteiger partial charge on any atom is 0.146 e. The predicted molar refractivity (Wildman–Crippen MR) is 80.8 cm³/mol. The van der Waals surface area contributed by atoms with Crippen molar-refractivity contribution < 1.29 is 4.39 Å². The lowest BCUT2D eigenvalue weighted by atomic mass is 10.1. The van der Waals surface area contributed by atoms with Gasteiger partial charge in [0.1, 0.15) is 5.82 Å². The summed E-state index contributed by atoms with van der Waals surface area (Å²) in [6.07, 6.45) is 1.55. The lowest BCUT2D eigenvalue weighted by Gasteiger charge is -2.13. The van der Waals surface area contributed by atoms with Gasteiger partial charge in [-0.15, -0.1) is 0 Å². The number of hydrogen-bond acceptors (Lipinski definition) is 3. The summed E-state index contributed by atoms with van der Waals surface area (Å²) in [5.41, 5.74) is 8.07. The molecule has 3 rings (SSSR count). The summed E-state index contributed by atoms with van der Waals surface area (Å²) in [5, 5.41) is 4.28. The first-order valence-corrected chi connectivity index (χ1v) is 6.38. The molecule has 0 aliphatic heterocycles. The summed E-state index contributed by atoms with van der Waals surface area (Å²) in [4.78, 5) is 4.24. The first-order valence-electron chi connectivity index (χ1n) is 6.00. The second-order valence-corrected chi connectivity index (χ2v) is 4.79. The number of nitrogens with one attached hydrogen (secondary N) is 1. The first kappa shape index (κ1) is 12.7. The molecule has 0 aliphatic rings. The average molecular weight is 288 g/mol. The van der Waals surface area contributed by atoms with Crippen molar-refractivity contribution in [2.45, 2.75) is 0 Å². The van der Waals surface area contributed by atoms with Crippen molar-refractivity contribution in [2.75, 3.05) is 11.1 Å². The first-order chi connectivity index (χ1) is 9.65. The molecule has 0 bridgehead atoms. The number of nitrogen functional groups attached to an aromatic ring is 1. The Kier molecular flexibility index (Phi) is 3.16. The van der Waals surface area contributed by atoms with E-state index in [2.05, 4.69) is 10.3 Å². The Bertz CT molecular complexity index is 789. The number of halogens is 2. The van der Waals surface area contributed by atoms with Crippen molar-refractivity contribution in [3.63, 3.8) is 0 Å². The van der Waals surface area contributed by atoms with Crippen molar-refractivity contribution in [2.24, 2.45) is 0 Å². The lowest BCUT2D eigenvalue weighted by molar-refractivity contribution is 0.632. The quantitative estimate of drug-likeness (QED) is 0.736. The molecule has 0 saturated heterocycles. The number of nitrogens with zero attached hydrogens (tertiary/aromatic N) is 1. The second kappa shape index (κ2) is 4.98. The van der Waals surface area contributed by atoms with Gasteiger partial charge in [-0.25, -0.2) is 4.39 Å². The number of para-hydroxylation sites is 1. The van der Waals surface area contributed by atoms with E-state index in [0.717, 1.165) is 10.9 Å². The van der Waals surface area contributed by atoms with E-state index in [1.165, 1.54) is 18.2 Å². The van der Waals surface area contributed by atoms with E-state index >= 15 is 0 Å². The topological polar surface area (TPSA) is 50.9 Å². The van der Waals surface area contributed by atoms with Gasteiger partial charge in [0, 0.05) is 10.4 Å². The zero-order valence-corrected chi connectivity index (χ0v) is 11.2. The number of anilines is 3. The fraction of sp³-hybridized carbons (Fsp3) is 0. The number of nitrogens with two attached hydrogens (primary N) is 1. The highest BCUT2D eigenvalue weighted by atomic mass is 35.5. The monoisotopic (exact) mass is 287 g/mol. The summed E-state index contributed by atoms with van der Waals surface area (Å²) >= 11 is 5.89. The summed E-state index contributed by atoms with van der Waals surface area (Å²) < 4.78 is 13.8. The van der Waals surface area contributed by atoms with Crippen LogP contribution < -0.4 is 11.1 Å². The summed E-state index contributed by atoms with van der Waals surface area (Å²) in [6, 6.07) is 11.8. The van der Waals surface area contributed by atoms with Gasteiger partial charge in [0.2, 0.25) is 0 Å². The van der Waals surface area contributed by atoms with Gasteiger partial charge in [-0.2, -0.15) is 0 Å². The van der Waals surface area contributed by atoms with E-state index in [-0.39, 0.29) is 5.69 Å². The van der Waals surface area contributed by atoms with Gasteiger partial charge < -0.3 is 11.1 Å². The van der Waals surface area contributed by atoms with Crippen molar-refractivity contribution in [3.05, 3.63) is 59.5 Å². The van der Waals surface area contributed by atoms with Gasteiger partial charge in [-0.3, -0.25) is 4.98 Å². The third-order valence-corrected chi connectivity index (χ3v) is 3.23. The smallest absolute Gasteiger partial charge is 0.146 e. The average Bonchev–Trinajstić information content (AvgIpc) is 2.46. The number of pyridine rings is 1. The molecule has 0 amide bonds. The van der Waals surface area contributed by atoms with Crippen LogP contribution in [0.25, 0.3) is 10.9 Å². The summed E-state index contributed by atoms with van der Waals surface area (Å²) in [7, 11) is 0. The molecule has 100 valence electrons. The molecule has 1 heterocycles. The normalized spacial score (nSPS) is 10.7. The lowest BCUT2D eigenvalue weighted by Crippen LogP contribution is -2.00. The highest BCUT2D eigenvalue weighted by molar-refractivity contribution is 6.30. The zero-order valence-electron chi connectivity index (χ0n) is 10.4. The molecule has 3 aromatic rings. The third-order valence-electron chi connectivity index (χ3n) is 2.99. The summed E-state index contributed by atoms with van der Waals surface area (Å²) in [5.74, 6) is -0.394. The Balaban J connectivity index is 2.15. The van der Waals surface area contributed by atoms with E-state index in [0.29, 0.717) is 16.4 Å².